The maximum atomic E-state index is 11.9. The van der Waals surface area contributed by atoms with Gasteiger partial charge in [-0.3, -0.25) is 4.79 Å². The van der Waals surface area contributed by atoms with Gasteiger partial charge in [-0.15, -0.1) is 0 Å². The van der Waals surface area contributed by atoms with Crippen molar-refractivity contribution in [2.75, 3.05) is 5.73 Å². The first kappa shape index (κ1) is 12.5. The van der Waals surface area contributed by atoms with Gasteiger partial charge in [0.05, 0.1) is 5.92 Å². The Balaban J connectivity index is 2.54. The second-order valence-electron chi connectivity index (χ2n) is 3.98. The van der Waals surface area contributed by atoms with Crippen molar-refractivity contribution >= 4 is 23.1 Å². The summed E-state index contributed by atoms with van der Waals surface area (Å²) in [5.41, 5.74) is 7.73. The predicted octanol–water partition coefficient (Wildman–Crippen LogP) is 2.43. The first-order valence-corrected chi connectivity index (χ1v) is 5.78. The maximum absolute atomic E-state index is 11.9. The molecule has 0 bridgehead atoms. The molecule has 1 heterocycles. The van der Waals surface area contributed by atoms with Crippen LogP contribution < -0.4 is 5.73 Å². The van der Waals surface area contributed by atoms with Crippen molar-refractivity contribution in [3.8, 4) is 0 Å². The number of aromatic nitrogens is 2. The van der Waals surface area contributed by atoms with E-state index < -0.39 is 5.92 Å². The zero-order valence-electron chi connectivity index (χ0n) is 9.80. The van der Waals surface area contributed by atoms with Gasteiger partial charge in [-0.25, -0.2) is 9.97 Å². The van der Waals surface area contributed by atoms with Crippen LogP contribution in [-0.4, -0.2) is 15.8 Å². The Kier molecular flexibility index (Phi) is 3.58. The maximum Gasteiger partial charge on any atom is 0.141 e. The number of ketones is 1. The van der Waals surface area contributed by atoms with Gasteiger partial charge in [-0.1, -0.05) is 23.7 Å². The predicted molar refractivity (Wildman–Crippen MR) is 70.4 cm³/mol. The number of nitrogens with two attached hydrogens (primary N) is 1. The van der Waals surface area contributed by atoms with Gasteiger partial charge in [0.15, 0.2) is 0 Å². The molecule has 0 fully saturated rings. The second kappa shape index (κ2) is 5.14. The van der Waals surface area contributed by atoms with Crippen LogP contribution in [0.4, 0.5) is 5.69 Å². The topological polar surface area (TPSA) is 68.9 Å². The molecule has 0 saturated heterocycles. The number of Topliss-reactive ketones (excluding diaryl/α,β-unsaturated/α-hetero) is 1. The van der Waals surface area contributed by atoms with Crippen molar-refractivity contribution in [3.05, 3.63) is 53.1 Å². The number of benzene rings is 1. The van der Waals surface area contributed by atoms with E-state index in [9.17, 15) is 4.79 Å². The fourth-order valence-corrected chi connectivity index (χ4v) is 2.09. The molecule has 0 aliphatic rings. The molecule has 1 aromatic carbocycles. The van der Waals surface area contributed by atoms with Crippen LogP contribution >= 0.6 is 11.6 Å². The van der Waals surface area contributed by atoms with Crippen LogP contribution in [0.3, 0.4) is 0 Å². The molecule has 0 amide bonds. The lowest BCUT2D eigenvalue weighted by Gasteiger charge is -2.15. The van der Waals surface area contributed by atoms with Crippen molar-refractivity contribution in [1.82, 2.24) is 9.97 Å². The van der Waals surface area contributed by atoms with E-state index in [4.69, 9.17) is 17.3 Å². The molecule has 18 heavy (non-hydrogen) atoms. The summed E-state index contributed by atoms with van der Waals surface area (Å²) < 4.78 is 0. The summed E-state index contributed by atoms with van der Waals surface area (Å²) in [7, 11) is 0. The third-order valence-electron chi connectivity index (χ3n) is 2.65. The van der Waals surface area contributed by atoms with Gasteiger partial charge in [0.25, 0.3) is 0 Å². The Morgan fingerprint density at radius 1 is 1.44 bits per heavy atom. The van der Waals surface area contributed by atoms with Gasteiger partial charge < -0.3 is 5.73 Å². The summed E-state index contributed by atoms with van der Waals surface area (Å²) in [5, 5.41) is 0.285. The number of anilines is 1. The summed E-state index contributed by atoms with van der Waals surface area (Å²) >= 11 is 6.02. The van der Waals surface area contributed by atoms with Crippen LogP contribution in [0.5, 0.6) is 0 Å². The molecule has 0 aliphatic carbocycles. The molecular formula is C13H12ClN3O. The molecule has 0 spiro atoms. The van der Waals surface area contributed by atoms with Crippen molar-refractivity contribution in [1.29, 1.82) is 0 Å². The Morgan fingerprint density at radius 2 is 2.22 bits per heavy atom. The fourth-order valence-electron chi connectivity index (χ4n) is 1.89. The van der Waals surface area contributed by atoms with Crippen LogP contribution in [0.2, 0.25) is 5.15 Å². The lowest BCUT2D eigenvalue weighted by molar-refractivity contribution is -0.117. The monoisotopic (exact) mass is 261 g/mol. The van der Waals surface area contributed by atoms with Gasteiger partial charge in [0, 0.05) is 17.4 Å². The number of nitrogen functional groups attached to an aromatic ring is 1. The van der Waals surface area contributed by atoms with Gasteiger partial charge in [-0.05, 0) is 24.6 Å². The summed E-state index contributed by atoms with van der Waals surface area (Å²) in [4.78, 5) is 19.7. The highest BCUT2D eigenvalue weighted by Crippen LogP contribution is 2.30. The number of nitrogens with zero attached hydrogens (tertiary/aromatic N) is 2. The molecule has 4 nitrogen and oxygen atoms in total. The molecule has 2 N–H and O–H groups in total. The van der Waals surface area contributed by atoms with Crippen LogP contribution in [-0.2, 0) is 4.79 Å². The number of hydrogen-bond acceptors (Lipinski definition) is 4. The van der Waals surface area contributed by atoms with E-state index in [1.165, 1.54) is 13.3 Å². The minimum absolute atomic E-state index is 0.0303. The molecule has 0 aliphatic heterocycles. The first-order chi connectivity index (χ1) is 8.59. The molecule has 5 heteroatoms. The van der Waals surface area contributed by atoms with E-state index in [1.54, 1.807) is 24.4 Å². The third-order valence-corrected chi connectivity index (χ3v) is 2.97. The Labute approximate surface area is 110 Å². The lowest BCUT2D eigenvalue weighted by atomic mass is 9.90. The van der Waals surface area contributed by atoms with Crippen molar-refractivity contribution in [3.63, 3.8) is 0 Å². The summed E-state index contributed by atoms with van der Waals surface area (Å²) in [6.07, 6.45) is 2.91. The van der Waals surface area contributed by atoms with Crippen LogP contribution in [0, 0.1) is 0 Å². The zero-order valence-corrected chi connectivity index (χ0v) is 10.6. The first-order valence-electron chi connectivity index (χ1n) is 5.41. The van der Waals surface area contributed by atoms with Gasteiger partial charge in [0.2, 0.25) is 0 Å². The average molecular weight is 262 g/mol. The number of carbonyl (C=O) groups excluding carboxylic acids is 1. The third kappa shape index (κ3) is 2.49. The molecular weight excluding hydrogens is 250 g/mol. The smallest absolute Gasteiger partial charge is 0.141 e. The summed E-state index contributed by atoms with van der Waals surface area (Å²) in [6.45, 7) is 1.51. The SMILES string of the molecule is CC(=O)C(c1cccc(N)c1)c1cncnc1Cl. The molecule has 0 radical (unpaired) electrons. The summed E-state index contributed by atoms with van der Waals surface area (Å²) in [6, 6.07) is 7.17. The second-order valence-corrected chi connectivity index (χ2v) is 4.34. The number of rotatable bonds is 3. The van der Waals surface area contributed by atoms with Gasteiger partial charge >= 0.3 is 0 Å². The molecule has 1 aromatic heterocycles. The van der Waals surface area contributed by atoms with Crippen LogP contribution in [0.1, 0.15) is 24.0 Å². The van der Waals surface area contributed by atoms with E-state index in [2.05, 4.69) is 9.97 Å². The minimum Gasteiger partial charge on any atom is -0.399 e. The molecule has 1 unspecified atom stereocenters. The minimum atomic E-state index is -0.484. The van der Waals surface area contributed by atoms with E-state index in [-0.39, 0.29) is 10.9 Å². The van der Waals surface area contributed by atoms with Crippen molar-refractivity contribution in [2.24, 2.45) is 0 Å². The average Bonchev–Trinajstić information content (AvgIpc) is 2.32. The number of carbonyl (C=O) groups is 1. The molecule has 1 atom stereocenters. The highest BCUT2D eigenvalue weighted by molar-refractivity contribution is 6.30. The quantitative estimate of drug-likeness (QED) is 0.681. The van der Waals surface area contributed by atoms with Gasteiger partial charge in [0.1, 0.15) is 17.3 Å². The van der Waals surface area contributed by atoms with Crippen molar-refractivity contribution in [2.45, 2.75) is 12.8 Å². The highest BCUT2D eigenvalue weighted by Gasteiger charge is 2.22. The van der Waals surface area contributed by atoms with Crippen LogP contribution in [0.25, 0.3) is 0 Å². The molecule has 2 aromatic rings. The normalized spacial score (nSPS) is 12.1. The molecule has 92 valence electrons. The Hall–Kier alpha value is -1.94. The Bertz CT molecular complexity index is 586. The van der Waals surface area contributed by atoms with E-state index in [1.807, 2.05) is 6.07 Å². The lowest BCUT2D eigenvalue weighted by Crippen LogP contribution is -2.12. The van der Waals surface area contributed by atoms with E-state index in [0.29, 0.717) is 11.3 Å². The molecule has 0 saturated carbocycles. The number of hydrogen-bond donors (Lipinski definition) is 1. The van der Waals surface area contributed by atoms with Gasteiger partial charge in [-0.2, -0.15) is 0 Å². The van der Waals surface area contributed by atoms with E-state index in [0.717, 1.165) is 5.56 Å². The molecule has 2 rings (SSSR count). The largest absolute Gasteiger partial charge is 0.399 e. The number of halogens is 1. The standard InChI is InChI=1S/C13H12ClN3O/c1-8(18)12(9-3-2-4-10(15)5-9)11-6-16-7-17-13(11)14/h2-7,12H,15H2,1H3. The Morgan fingerprint density at radius 3 is 2.83 bits per heavy atom. The van der Waals surface area contributed by atoms with Crippen molar-refractivity contribution < 1.29 is 4.79 Å². The van der Waals surface area contributed by atoms with E-state index >= 15 is 0 Å². The zero-order chi connectivity index (χ0) is 13.1. The highest BCUT2D eigenvalue weighted by atomic mass is 35.5. The summed E-state index contributed by atoms with van der Waals surface area (Å²) in [5.74, 6) is -0.514. The fraction of sp³-hybridized carbons (Fsp3) is 0.154. The van der Waals surface area contributed by atoms with Crippen LogP contribution in [0.15, 0.2) is 36.8 Å².